The number of aromatic nitrogens is 2. The number of hydrogen-bond acceptors (Lipinski definition) is 6. The minimum absolute atomic E-state index is 0.149. The third-order valence-electron chi connectivity index (χ3n) is 4.06. The van der Waals surface area contributed by atoms with Gasteiger partial charge in [0.1, 0.15) is 0 Å². The van der Waals surface area contributed by atoms with Crippen molar-refractivity contribution in [3.8, 4) is 0 Å². The molecule has 2 amide bonds. The minimum Gasteiger partial charge on any atom is -0.303 e. The molecule has 2 aromatic heterocycles. The highest BCUT2D eigenvalue weighted by Crippen LogP contribution is 2.26. The fraction of sp³-hybridized carbons (Fsp3) is 0.286. The third kappa shape index (κ3) is 1.96. The summed E-state index contributed by atoms with van der Waals surface area (Å²) in [4.78, 5) is 32.8. The molecule has 0 saturated carbocycles. The Balaban J connectivity index is 1.90. The molecule has 0 radical (unpaired) electrons. The summed E-state index contributed by atoms with van der Waals surface area (Å²) in [6.07, 6.45) is 2.66. The van der Waals surface area contributed by atoms with E-state index >= 15 is 0 Å². The highest BCUT2D eigenvalue weighted by Gasteiger charge is 2.46. The lowest BCUT2D eigenvalue weighted by Crippen LogP contribution is -2.52. The highest BCUT2D eigenvalue weighted by atomic mass is 32.1. The number of amides is 2. The fourth-order valence-corrected chi connectivity index (χ4v) is 3.83. The first kappa shape index (κ1) is 13.9. The molecule has 0 spiro atoms. The van der Waals surface area contributed by atoms with Crippen molar-refractivity contribution in [2.45, 2.75) is 12.3 Å². The maximum atomic E-state index is 12.8. The predicted molar refractivity (Wildman–Crippen MR) is 84.0 cm³/mol. The van der Waals surface area contributed by atoms with E-state index in [1.807, 2.05) is 18.2 Å². The molecular formula is C14H14N6O2S. The number of rotatable bonds is 1. The molecule has 118 valence electrons. The molecular weight excluding hydrogens is 316 g/mol. The van der Waals surface area contributed by atoms with Crippen LogP contribution < -0.4 is 20.3 Å². The average molecular weight is 330 g/mol. The average Bonchev–Trinajstić information content (AvgIpc) is 2.99. The summed E-state index contributed by atoms with van der Waals surface area (Å²) in [5.41, 5.74) is 3.51. The Kier molecular flexibility index (Phi) is 2.98. The van der Waals surface area contributed by atoms with Gasteiger partial charge in [0.15, 0.2) is 12.3 Å². The summed E-state index contributed by atoms with van der Waals surface area (Å²) in [6, 6.07) is 5.37. The quantitative estimate of drug-likeness (QED) is 0.734. The van der Waals surface area contributed by atoms with Gasteiger partial charge in [0, 0.05) is 20.3 Å². The number of nitrogens with one attached hydrogen (secondary N) is 1. The summed E-state index contributed by atoms with van der Waals surface area (Å²) < 4.78 is 2.11. The van der Waals surface area contributed by atoms with Crippen LogP contribution in [-0.2, 0) is 0 Å². The van der Waals surface area contributed by atoms with E-state index in [0.717, 1.165) is 0 Å². The molecule has 2 unspecified atom stereocenters. The van der Waals surface area contributed by atoms with Gasteiger partial charge >= 0.3 is 6.03 Å². The standard InChI is InChI=1S/C14H14N6O2S/c1-18-10-11(19(2)14(18)22)20-12(21)9(23-13(20)17-16-10)7-8-5-3-4-6-15-8/h3-7,10-11,16H,1-2H3/b9-7-. The largest absolute Gasteiger partial charge is 0.323 e. The van der Waals surface area contributed by atoms with Gasteiger partial charge in [-0.25, -0.2) is 4.79 Å². The zero-order chi connectivity index (χ0) is 16.1. The molecule has 1 fully saturated rings. The van der Waals surface area contributed by atoms with Gasteiger partial charge in [-0.1, -0.05) is 17.4 Å². The lowest BCUT2D eigenvalue weighted by molar-refractivity contribution is 0.171. The second-order valence-electron chi connectivity index (χ2n) is 5.43. The van der Waals surface area contributed by atoms with Crippen molar-refractivity contribution < 1.29 is 4.79 Å². The van der Waals surface area contributed by atoms with E-state index in [1.165, 1.54) is 11.3 Å². The van der Waals surface area contributed by atoms with Crippen LogP contribution in [0.3, 0.4) is 0 Å². The van der Waals surface area contributed by atoms with E-state index in [-0.39, 0.29) is 17.8 Å². The van der Waals surface area contributed by atoms with Crippen molar-refractivity contribution in [3.63, 3.8) is 0 Å². The molecule has 9 heteroatoms. The number of urea groups is 1. The van der Waals surface area contributed by atoms with Crippen LogP contribution in [0, 0.1) is 0 Å². The number of hydrogen-bond donors (Lipinski definition) is 1. The molecule has 23 heavy (non-hydrogen) atoms. The highest BCUT2D eigenvalue weighted by molar-refractivity contribution is 7.07. The van der Waals surface area contributed by atoms with Crippen LogP contribution in [0.25, 0.3) is 6.08 Å². The number of carbonyl (C=O) groups is 1. The van der Waals surface area contributed by atoms with E-state index in [0.29, 0.717) is 15.0 Å². The Labute approximate surface area is 135 Å². The molecule has 1 saturated heterocycles. The van der Waals surface area contributed by atoms with Gasteiger partial charge in [-0.15, -0.1) is 5.10 Å². The van der Waals surface area contributed by atoms with Crippen molar-refractivity contribution in [3.05, 3.63) is 49.8 Å². The number of thiazole rings is 1. The van der Waals surface area contributed by atoms with Gasteiger partial charge in [0.05, 0.1) is 10.2 Å². The molecule has 4 rings (SSSR count). The minimum atomic E-state index is -0.408. The second-order valence-corrected chi connectivity index (χ2v) is 6.44. The van der Waals surface area contributed by atoms with Gasteiger partial charge in [-0.05, 0) is 18.2 Å². The van der Waals surface area contributed by atoms with E-state index in [2.05, 4.69) is 15.5 Å². The number of fused-ring (bicyclic) bond motifs is 3. The topological polar surface area (TPSA) is 82.8 Å². The Morgan fingerprint density at radius 3 is 2.83 bits per heavy atom. The Morgan fingerprint density at radius 1 is 1.26 bits per heavy atom. The monoisotopic (exact) mass is 330 g/mol. The summed E-state index contributed by atoms with van der Waals surface area (Å²) >= 11 is 1.28. The molecule has 4 heterocycles. The van der Waals surface area contributed by atoms with Crippen LogP contribution >= 0.6 is 11.3 Å². The van der Waals surface area contributed by atoms with Crippen LogP contribution in [0.1, 0.15) is 11.9 Å². The summed E-state index contributed by atoms with van der Waals surface area (Å²) in [6.45, 7) is 0. The van der Waals surface area contributed by atoms with Gasteiger partial charge in [0.25, 0.3) is 5.56 Å². The maximum Gasteiger partial charge on any atom is 0.323 e. The van der Waals surface area contributed by atoms with E-state index in [4.69, 9.17) is 0 Å². The van der Waals surface area contributed by atoms with E-state index < -0.39 is 6.17 Å². The van der Waals surface area contributed by atoms with Gasteiger partial charge in [0.2, 0.25) is 4.80 Å². The molecule has 2 aliphatic rings. The third-order valence-corrected chi connectivity index (χ3v) is 5.04. The maximum absolute atomic E-state index is 12.8. The smallest absolute Gasteiger partial charge is 0.303 e. The lowest BCUT2D eigenvalue weighted by Gasteiger charge is -2.27. The van der Waals surface area contributed by atoms with Crippen LogP contribution in [0.2, 0.25) is 0 Å². The molecule has 1 N–H and O–H groups in total. The fourth-order valence-electron chi connectivity index (χ4n) is 2.88. The van der Waals surface area contributed by atoms with Crippen molar-refractivity contribution in [2.24, 2.45) is 5.10 Å². The number of pyridine rings is 1. The second kappa shape index (κ2) is 4.92. The zero-order valence-corrected chi connectivity index (χ0v) is 13.3. The van der Waals surface area contributed by atoms with Gasteiger partial charge < -0.3 is 9.80 Å². The Morgan fingerprint density at radius 2 is 2.09 bits per heavy atom. The summed E-state index contributed by atoms with van der Waals surface area (Å²) in [7, 11) is 3.38. The molecule has 0 bridgehead atoms. The first-order chi connectivity index (χ1) is 11.1. The molecule has 0 aliphatic carbocycles. The summed E-state index contributed by atoms with van der Waals surface area (Å²) in [5, 5.41) is 4.25. The van der Waals surface area contributed by atoms with E-state index in [1.54, 1.807) is 40.7 Å². The lowest BCUT2D eigenvalue weighted by atomic mass is 10.3. The number of nitrogens with zero attached hydrogens (tertiary/aromatic N) is 5. The van der Waals surface area contributed by atoms with Crippen LogP contribution in [-0.4, -0.2) is 45.6 Å². The first-order valence-corrected chi connectivity index (χ1v) is 7.86. The zero-order valence-electron chi connectivity index (χ0n) is 12.5. The Hall–Kier alpha value is -2.68. The van der Waals surface area contributed by atoms with E-state index in [9.17, 15) is 9.59 Å². The number of likely N-dealkylation sites (N-methyl/N-ethyl adjacent to an activating group) is 2. The van der Waals surface area contributed by atoms with Crippen molar-refractivity contribution in [1.82, 2.24) is 24.8 Å². The molecule has 0 aromatic carbocycles. The van der Waals surface area contributed by atoms with Gasteiger partial charge in [-0.3, -0.25) is 19.8 Å². The van der Waals surface area contributed by atoms with Crippen molar-refractivity contribution in [2.75, 3.05) is 14.1 Å². The number of carbonyl (C=O) groups excluding carboxylic acids is 1. The first-order valence-electron chi connectivity index (χ1n) is 7.05. The Bertz CT molecular complexity index is 950. The predicted octanol–water partition coefficient (Wildman–Crippen LogP) is -0.907. The summed E-state index contributed by atoms with van der Waals surface area (Å²) in [5.74, 6) is 0. The molecule has 2 atom stereocenters. The molecule has 2 aromatic rings. The normalized spacial score (nSPS) is 23.4. The van der Waals surface area contributed by atoms with Crippen molar-refractivity contribution >= 4 is 23.4 Å². The van der Waals surface area contributed by atoms with Gasteiger partial charge in [-0.2, -0.15) is 0 Å². The van der Waals surface area contributed by atoms with Crippen LogP contribution in [0.15, 0.2) is 34.3 Å². The molecule has 8 nitrogen and oxygen atoms in total. The van der Waals surface area contributed by atoms with Crippen LogP contribution in [0.4, 0.5) is 4.79 Å². The molecule has 2 aliphatic heterocycles. The van der Waals surface area contributed by atoms with Crippen molar-refractivity contribution in [1.29, 1.82) is 0 Å². The SMILES string of the molecule is CN1C(=O)N(C)C2C1NN=c1s/c(=C\c3ccccn3)c(=O)n12. The van der Waals surface area contributed by atoms with Crippen LogP contribution in [0.5, 0.6) is 0 Å².